The fraction of sp³-hybridized carbons (Fsp3) is 1.00. The minimum absolute atomic E-state index is 0.832. The van der Waals surface area contributed by atoms with Crippen molar-refractivity contribution in [3.8, 4) is 0 Å². The smallest absolute Gasteiger partial charge is 0.0587 e. The van der Waals surface area contributed by atoms with E-state index in [2.05, 4.69) is 17.1 Å². The monoisotopic (exact) mass is 268 g/mol. The quantitative estimate of drug-likeness (QED) is 0.749. The Morgan fingerprint density at radius 3 is 2.37 bits per heavy atom. The zero-order chi connectivity index (χ0) is 13.5. The van der Waals surface area contributed by atoms with Crippen LogP contribution in [0.5, 0.6) is 0 Å². The minimum atomic E-state index is 0.832. The summed E-state index contributed by atoms with van der Waals surface area (Å²) < 4.78 is 5.07. The number of hydrogen-bond acceptors (Lipinski definition) is 3. The largest absolute Gasteiger partial charge is 0.383 e. The van der Waals surface area contributed by atoms with E-state index in [1.165, 1.54) is 58.2 Å². The molecule has 112 valence electrons. The van der Waals surface area contributed by atoms with Crippen molar-refractivity contribution in [1.82, 2.24) is 10.2 Å². The Morgan fingerprint density at radius 2 is 1.74 bits per heavy atom. The van der Waals surface area contributed by atoms with Gasteiger partial charge in [-0.25, -0.2) is 0 Å². The zero-order valence-corrected chi connectivity index (χ0v) is 12.9. The second-order valence-electron chi connectivity index (χ2n) is 6.59. The highest BCUT2D eigenvalue weighted by molar-refractivity contribution is 4.82. The molecule has 0 atom stereocenters. The third-order valence-electron chi connectivity index (χ3n) is 5.07. The Kier molecular flexibility index (Phi) is 6.62. The first kappa shape index (κ1) is 15.3. The number of nitrogens with one attached hydrogen (secondary N) is 1. The molecule has 19 heavy (non-hydrogen) atoms. The van der Waals surface area contributed by atoms with Gasteiger partial charge in [-0.3, -0.25) is 0 Å². The summed E-state index contributed by atoms with van der Waals surface area (Å²) in [6, 6.07) is 0.901. The summed E-state index contributed by atoms with van der Waals surface area (Å²) in [4.78, 5) is 2.78. The molecular weight excluding hydrogens is 236 g/mol. The average Bonchev–Trinajstić information content (AvgIpc) is 2.45. The maximum atomic E-state index is 5.07. The van der Waals surface area contributed by atoms with Crippen molar-refractivity contribution in [3.63, 3.8) is 0 Å². The highest BCUT2D eigenvalue weighted by Crippen LogP contribution is 2.29. The van der Waals surface area contributed by atoms with Gasteiger partial charge in [0.2, 0.25) is 0 Å². The van der Waals surface area contributed by atoms with Crippen LogP contribution in [0, 0.1) is 11.8 Å². The van der Waals surface area contributed by atoms with Gasteiger partial charge in [0, 0.05) is 19.7 Å². The predicted molar refractivity (Wildman–Crippen MR) is 80.5 cm³/mol. The highest BCUT2D eigenvalue weighted by Gasteiger charge is 2.27. The van der Waals surface area contributed by atoms with E-state index in [0.29, 0.717) is 0 Å². The fourth-order valence-corrected chi connectivity index (χ4v) is 3.61. The number of rotatable bonds is 6. The zero-order valence-electron chi connectivity index (χ0n) is 12.9. The molecule has 0 amide bonds. The first-order chi connectivity index (χ1) is 9.29. The molecule has 1 N–H and O–H groups in total. The summed E-state index contributed by atoms with van der Waals surface area (Å²) in [5, 5.41) is 3.51. The second kappa shape index (κ2) is 8.23. The Balaban J connectivity index is 1.59. The van der Waals surface area contributed by atoms with Gasteiger partial charge < -0.3 is 15.0 Å². The average molecular weight is 268 g/mol. The molecule has 1 saturated carbocycles. The van der Waals surface area contributed by atoms with E-state index < -0.39 is 0 Å². The second-order valence-corrected chi connectivity index (χ2v) is 6.59. The van der Waals surface area contributed by atoms with Crippen LogP contribution >= 0.6 is 0 Å². The van der Waals surface area contributed by atoms with Crippen LogP contribution in [-0.4, -0.2) is 50.8 Å². The van der Waals surface area contributed by atoms with Gasteiger partial charge in [0.25, 0.3) is 0 Å². The molecule has 3 nitrogen and oxygen atoms in total. The molecule has 1 aliphatic carbocycles. The summed E-state index contributed by atoms with van der Waals surface area (Å²) in [7, 11) is 1.77. The molecule has 1 heterocycles. The molecule has 2 fully saturated rings. The van der Waals surface area contributed by atoms with Crippen molar-refractivity contribution in [3.05, 3.63) is 0 Å². The molecule has 0 radical (unpaired) electrons. The fourth-order valence-electron chi connectivity index (χ4n) is 3.61. The Bertz CT molecular complexity index is 231. The van der Waals surface area contributed by atoms with Crippen molar-refractivity contribution in [2.75, 3.05) is 39.9 Å². The topological polar surface area (TPSA) is 24.5 Å². The van der Waals surface area contributed by atoms with Crippen LogP contribution in [0.3, 0.4) is 0 Å². The summed E-state index contributed by atoms with van der Waals surface area (Å²) in [6.45, 7) is 8.08. The van der Waals surface area contributed by atoms with E-state index in [9.17, 15) is 0 Å². The first-order valence-corrected chi connectivity index (χ1v) is 8.23. The summed E-state index contributed by atoms with van der Waals surface area (Å²) in [5.41, 5.74) is 0. The Morgan fingerprint density at radius 1 is 1.05 bits per heavy atom. The lowest BCUT2D eigenvalue weighted by molar-refractivity contribution is 0.0957. The summed E-state index contributed by atoms with van der Waals surface area (Å²) in [6.07, 6.45) is 8.54. The summed E-state index contributed by atoms with van der Waals surface area (Å²) in [5.74, 6) is 1.86. The number of nitrogens with zero attached hydrogens (tertiary/aromatic N) is 1. The van der Waals surface area contributed by atoms with E-state index in [-0.39, 0.29) is 0 Å². The van der Waals surface area contributed by atoms with Crippen LogP contribution in [-0.2, 0) is 4.74 Å². The maximum absolute atomic E-state index is 5.07. The number of ether oxygens (including phenoxy) is 1. The van der Waals surface area contributed by atoms with Crippen molar-refractivity contribution in [2.24, 2.45) is 11.8 Å². The number of likely N-dealkylation sites (tertiary alicyclic amines) is 1. The van der Waals surface area contributed by atoms with Crippen molar-refractivity contribution in [1.29, 1.82) is 0 Å². The van der Waals surface area contributed by atoms with Gasteiger partial charge in [-0.15, -0.1) is 0 Å². The molecular formula is C16H32N2O. The highest BCUT2D eigenvalue weighted by atomic mass is 16.5. The number of piperidine rings is 1. The Hall–Kier alpha value is -0.120. The molecule has 1 aliphatic heterocycles. The van der Waals surface area contributed by atoms with Gasteiger partial charge in [-0.2, -0.15) is 0 Å². The molecule has 2 rings (SSSR count). The normalized spacial score (nSPS) is 30.6. The van der Waals surface area contributed by atoms with Gasteiger partial charge in [0.05, 0.1) is 6.61 Å². The van der Waals surface area contributed by atoms with E-state index >= 15 is 0 Å². The lowest BCUT2D eigenvalue weighted by Gasteiger charge is -2.40. The van der Waals surface area contributed by atoms with Gasteiger partial charge in [-0.1, -0.05) is 6.92 Å². The SMILES string of the molecule is COCCNCC1CCN(C2CCC(C)CC2)CC1. The molecule has 0 bridgehead atoms. The number of methoxy groups -OCH3 is 1. The van der Waals surface area contributed by atoms with Gasteiger partial charge in [-0.05, 0) is 70.0 Å². The van der Waals surface area contributed by atoms with Gasteiger partial charge in [0.15, 0.2) is 0 Å². The molecule has 3 heteroatoms. The van der Waals surface area contributed by atoms with Crippen molar-refractivity contribution in [2.45, 2.75) is 51.5 Å². The van der Waals surface area contributed by atoms with Crippen LogP contribution in [0.4, 0.5) is 0 Å². The molecule has 2 aliphatic rings. The molecule has 0 unspecified atom stereocenters. The van der Waals surface area contributed by atoms with Crippen LogP contribution in [0.25, 0.3) is 0 Å². The van der Waals surface area contributed by atoms with Crippen LogP contribution in [0.15, 0.2) is 0 Å². The van der Waals surface area contributed by atoms with E-state index in [4.69, 9.17) is 4.74 Å². The van der Waals surface area contributed by atoms with Gasteiger partial charge in [0.1, 0.15) is 0 Å². The third-order valence-corrected chi connectivity index (χ3v) is 5.07. The summed E-state index contributed by atoms with van der Waals surface area (Å²) >= 11 is 0. The number of hydrogen-bond donors (Lipinski definition) is 1. The molecule has 0 aromatic carbocycles. The van der Waals surface area contributed by atoms with E-state index in [1.54, 1.807) is 7.11 Å². The predicted octanol–water partition coefficient (Wildman–Crippen LogP) is 2.51. The standard InChI is InChI=1S/C16H32N2O/c1-14-3-5-16(6-4-14)18-10-7-15(8-11-18)13-17-9-12-19-2/h14-17H,3-13H2,1-2H3. The van der Waals surface area contributed by atoms with Gasteiger partial charge >= 0.3 is 0 Å². The van der Waals surface area contributed by atoms with Crippen molar-refractivity contribution >= 4 is 0 Å². The van der Waals surface area contributed by atoms with E-state index in [1.807, 2.05) is 0 Å². The lowest BCUT2D eigenvalue weighted by atomic mass is 9.85. The molecule has 0 aromatic rings. The molecule has 0 spiro atoms. The van der Waals surface area contributed by atoms with Crippen LogP contribution in [0.1, 0.15) is 45.4 Å². The Labute approximate surface area is 119 Å². The molecule has 1 saturated heterocycles. The van der Waals surface area contributed by atoms with Crippen molar-refractivity contribution < 1.29 is 4.74 Å². The first-order valence-electron chi connectivity index (χ1n) is 8.23. The maximum Gasteiger partial charge on any atom is 0.0587 e. The third kappa shape index (κ3) is 5.05. The minimum Gasteiger partial charge on any atom is -0.383 e. The van der Waals surface area contributed by atoms with Crippen LogP contribution in [0.2, 0.25) is 0 Å². The van der Waals surface area contributed by atoms with Crippen LogP contribution < -0.4 is 5.32 Å². The van der Waals surface area contributed by atoms with E-state index in [0.717, 1.165) is 31.0 Å². The molecule has 0 aromatic heterocycles. The lowest BCUT2D eigenvalue weighted by Crippen LogP contribution is -2.44.